The van der Waals surface area contributed by atoms with E-state index in [1.807, 2.05) is 0 Å². The van der Waals surface area contributed by atoms with Gasteiger partial charge < -0.3 is 13.9 Å². The molecule has 3 aromatic heterocycles. The molecule has 0 radical (unpaired) electrons. The molecule has 0 unspecified atom stereocenters. The smallest absolute Gasteiger partial charge is 0.337 e. The van der Waals surface area contributed by atoms with Gasteiger partial charge in [0.15, 0.2) is 10.6 Å². The number of benzene rings is 2. The minimum absolute atomic E-state index is 0.0534. The molecule has 1 N–H and O–H groups in total. The highest BCUT2D eigenvalue weighted by atomic mass is 35.5. The molecular formula is C31H19Cl3N2O6S. The van der Waals surface area contributed by atoms with Gasteiger partial charge in [-0.15, -0.1) is 0 Å². The predicted octanol–water partition coefficient (Wildman–Crippen LogP) is 7.00. The summed E-state index contributed by atoms with van der Waals surface area (Å²) in [7, 11) is 0. The van der Waals surface area contributed by atoms with Crippen molar-refractivity contribution >= 4 is 64.0 Å². The van der Waals surface area contributed by atoms with Crippen molar-refractivity contribution in [2.24, 2.45) is 4.99 Å². The van der Waals surface area contributed by atoms with E-state index < -0.39 is 12.0 Å². The first-order valence-electron chi connectivity index (χ1n) is 12.7. The topological polar surface area (TPSA) is 115 Å². The molecule has 1 atom stereocenters. The third-order valence-corrected chi connectivity index (χ3v) is 8.93. The van der Waals surface area contributed by atoms with E-state index in [2.05, 4.69) is 4.99 Å². The molecule has 0 spiro atoms. The van der Waals surface area contributed by atoms with Crippen molar-refractivity contribution in [1.82, 2.24) is 4.57 Å². The Balaban J connectivity index is 1.43. The lowest BCUT2D eigenvalue weighted by molar-refractivity contribution is -0.114. The third kappa shape index (κ3) is 5.29. The molecule has 0 fully saturated rings. The fraction of sp³-hybridized carbons (Fsp3) is 0.0968. The van der Waals surface area contributed by atoms with E-state index in [1.165, 1.54) is 23.6 Å². The first kappa shape index (κ1) is 28.9. The molecule has 5 aromatic rings. The molecule has 0 aliphatic carbocycles. The summed E-state index contributed by atoms with van der Waals surface area (Å²) in [6.07, 6.45) is 1.58. The Morgan fingerprint density at radius 2 is 1.60 bits per heavy atom. The first-order valence-corrected chi connectivity index (χ1v) is 14.7. The van der Waals surface area contributed by atoms with Gasteiger partial charge in [-0.1, -0.05) is 46.1 Å². The molecule has 1 aliphatic rings. The third-order valence-electron chi connectivity index (χ3n) is 6.88. The van der Waals surface area contributed by atoms with Crippen LogP contribution in [0.25, 0.3) is 28.7 Å². The zero-order chi connectivity index (χ0) is 30.6. The number of hydrogen-bond donors (Lipinski definition) is 1. The number of fused-ring (bicyclic) bond motifs is 1. The molecule has 4 heterocycles. The molecular weight excluding hydrogens is 635 g/mol. The van der Waals surface area contributed by atoms with E-state index in [1.54, 1.807) is 61.5 Å². The quantitative estimate of drug-likeness (QED) is 0.211. The monoisotopic (exact) mass is 652 g/mol. The van der Waals surface area contributed by atoms with Crippen molar-refractivity contribution in [3.63, 3.8) is 0 Å². The fourth-order valence-corrected chi connectivity index (χ4v) is 6.42. The van der Waals surface area contributed by atoms with Crippen LogP contribution in [0.15, 0.2) is 90.6 Å². The van der Waals surface area contributed by atoms with Gasteiger partial charge in [0, 0.05) is 28.5 Å². The second-order valence-electron chi connectivity index (χ2n) is 9.67. The Labute approximate surface area is 262 Å². The Morgan fingerprint density at radius 1 is 0.930 bits per heavy atom. The van der Waals surface area contributed by atoms with E-state index in [0.717, 1.165) is 11.3 Å². The highest BCUT2D eigenvalue weighted by Crippen LogP contribution is 2.35. The molecule has 12 heteroatoms. The molecule has 1 aliphatic heterocycles. The average molecular weight is 654 g/mol. The van der Waals surface area contributed by atoms with E-state index >= 15 is 0 Å². The summed E-state index contributed by atoms with van der Waals surface area (Å²) in [5, 5.41) is 10.3. The Morgan fingerprint density at radius 3 is 2.30 bits per heavy atom. The number of carboxylic acids is 1. The fourth-order valence-electron chi connectivity index (χ4n) is 4.90. The van der Waals surface area contributed by atoms with Crippen LogP contribution in [0.5, 0.6) is 0 Å². The minimum atomic E-state index is -1.16. The number of furan rings is 2. The maximum atomic E-state index is 13.8. The van der Waals surface area contributed by atoms with Gasteiger partial charge >= 0.3 is 5.97 Å². The SMILES string of the molecule is CC(=O)C1=C(C)N=c2s/c(=C/c3ccc(-c4ccc(Cl)c(C(=O)O)c4)o3)c(=O)n2[C@H]1c1ccc(-c2ccc(Cl)c(Cl)c2)o1. The molecule has 216 valence electrons. The summed E-state index contributed by atoms with van der Waals surface area (Å²) in [6.45, 7) is 3.15. The van der Waals surface area contributed by atoms with Crippen molar-refractivity contribution < 1.29 is 23.5 Å². The molecule has 6 rings (SSSR count). The van der Waals surface area contributed by atoms with Crippen LogP contribution in [0.2, 0.25) is 15.1 Å². The van der Waals surface area contributed by atoms with Crippen LogP contribution < -0.4 is 14.9 Å². The maximum Gasteiger partial charge on any atom is 0.337 e. The summed E-state index contributed by atoms with van der Waals surface area (Å²) in [5.41, 5.74) is 1.58. The normalized spacial score (nSPS) is 15.0. The molecule has 8 nitrogen and oxygen atoms in total. The number of rotatable bonds is 6. The summed E-state index contributed by atoms with van der Waals surface area (Å²) in [4.78, 5) is 43.1. The van der Waals surface area contributed by atoms with Gasteiger partial charge in [0.1, 0.15) is 29.1 Å². The van der Waals surface area contributed by atoms with Crippen molar-refractivity contribution in [2.75, 3.05) is 0 Å². The van der Waals surface area contributed by atoms with Gasteiger partial charge in [-0.2, -0.15) is 0 Å². The maximum absolute atomic E-state index is 13.8. The van der Waals surface area contributed by atoms with Crippen molar-refractivity contribution in [3.8, 4) is 22.6 Å². The average Bonchev–Trinajstić information content (AvgIpc) is 3.70. The molecule has 0 bridgehead atoms. The molecule has 0 saturated heterocycles. The van der Waals surface area contributed by atoms with Crippen molar-refractivity contribution in [1.29, 1.82) is 0 Å². The number of carboxylic acid groups (broad SMARTS) is 1. The first-order chi connectivity index (χ1) is 20.5. The van der Waals surface area contributed by atoms with Crippen LogP contribution >= 0.6 is 46.1 Å². The van der Waals surface area contributed by atoms with E-state index in [0.29, 0.717) is 64.8 Å². The number of hydrogen-bond acceptors (Lipinski definition) is 7. The van der Waals surface area contributed by atoms with Crippen molar-refractivity contribution in [2.45, 2.75) is 19.9 Å². The van der Waals surface area contributed by atoms with Crippen molar-refractivity contribution in [3.05, 3.63) is 124 Å². The Bertz CT molecular complexity index is 2190. The second-order valence-corrected chi connectivity index (χ2v) is 11.9. The van der Waals surface area contributed by atoms with E-state index in [4.69, 9.17) is 43.6 Å². The lowest BCUT2D eigenvalue weighted by atomic mass is 9.98. The summed E-state index contributed by atoms with van der Waals surface area (Å²) in [6, 6.07) is 15.6. The number of allylic oxidation sites excluding steroid dienone is 2. The minimum Gasteiger partial charge on any atom is -0.478 e. The second kappa shape index (κ2) is 11.2. The molecule has 0 amide bonds. The van der Waals surface area contributed by atoms with Gasteiger partial charge in [0.2, 0.25) is 0 Å². The number of carbonyl (C=O) groups excluding carboxylic acids is 1. The summed E-state index contributed by atoms with van der Waals surface area (Å²) in [5.74, 6) is 0.236. The highest BCUT2D eigenvalue weighted by molar-refractivity contribution is 7.07. The number of nitrogens with zero attached hydrogens (tertiary/aromatic N) is 2. The highest BCUT2D eigenvalue weighted by Gasteiger charge is 2.33. The number of thiazole rings is 1. The van der Waals surface area contributed by atoms with Crippen LogP contribution in [0, 0.1) is 0 Å². The van der Waals surface area contributed by atoms with E-state index in [9.17, 15) is 19.5 Å². The zero-order valence-corrected chi connectivity index (χ0v) is 25.4. The predicted molar refractivity (Wildman–Crippen MR) is 165 cm³/mol. The standard InChI is InChI=1S/C31H19Cl3N2O6S/c1-14-27(15(2)37)28(25-10-9-24(42-25)17-4-7-21(33)22(34)12-17)36-29(38)26(43-31(36)35-14)13-18-5-8-23(41-18)16-3-6-20(32)19(11-16)30(39)40/h3-13,28H,1-2H3,(H,39,40)/b26-13+/t28-/m0/s1. The zero-order valence-electron chi connectivity index (χ0n) is 22.4. The number of halogens is 3. The largest absolute Gasteiger partial charge is 0.478 e. The van der Waals surface area contributed by atoms with Gasteiger partial charge in [0.25, 0.3) is 5.56 Å². The van der Waals surface area contributed by atoms with Gasteiger partial charge in [0.05, 0.1) is 25.2 Å². The number of aromatic carboxylic acids is 1. The van der Waals surface area contributed by atoms with E-state index in [-0.39, 0.29) is 21.9 Å². The summed E-state index contributed by atoms with van der Waals surface area (Å²) < 4.78 is 13.9. The Hall–Kier alpha value is -4.15. The number of aromatic nitrogens is 1. The van der Waals surface area contributed by atoms with Crippen LogP contribution in [0.1, 0.15) is 41.8 Å². The lowest BCUT2D eigenvalue weighted by Gasteiger charge is -2.22. The lowest BCUT2D eigenvalue weighted by Crippen LogP contribution is -2.39. The van der Waals surface area contributed by atoms with Crippen LogP contribution in [-0.2, 0) is 4.79 Å². The number of carbonyl (C=O) groups is 2. The van der Waals surface area contributed by atoms with Crippen LogP contribution in [-0.4, -0.2) is 21.4 Å². The summed E-state index contributed by atoms with van der Waals surface area (Å²) >= 11 is 19.4. The van der Waals surface area contributed by atoms with Crippen LogP contribution in [0.4, 0.5) is 0 Å². The Kier molecular flexibility index (Phi) is 7.52. The number of ketones is 1. The van der Waals surface area contributed by atoms with Gasteiger partial charge in [-0.3, -0.25) is 14.2 Å². The van der Waals surface area contributed by atoms with Crippen LogP contribution in [0.3, 0.4) is 0 Å². The molecule has 2 aromatic carbocycles. The van der Waals surface area contributed by atoms with Gasteiger partial charge in [-0.05, 0) is 74.5 Å². The molecule has 43 heavy (non-hydrogen) atoms. The van der Waals surface area contributed by atoms with Gasteiger partial charge in [-0.25, -0.2) is 9.79 Å². The molecule has 0 saturated carbocycles. The number of Topliss-reactive ketones (excluding diaryl/α,β-unsaturated/α-hetero) is 1.